The molecule has 32 heavy (non-hydrogen) atoms. The van der Waals surface area contributed by atoms with Crippen LogP contribution in [-0.2, 0) is 16.1 Å². The number of amides is 4. The molecule has 0 spiro atoms. The number of aromatic nitrogens is 2. The molecule has 1 aliphatic rings. The van der Waals surface area contributed by atoms with Crippen LogP contribution in [0.2, 0.25) is 0 Å². The number of rotatable bonds is 8. The van der Waals surface area contributed by atoms with Crippen molar-refractivity contribution < 1.29 is 14.4 Å². The van der Waals surface area contributed by atoms with Gasteiger partial charge in [-0.3, -0.25) is 14.5 Å². The molecule has 2 aromatic carbocycles. The van der Waals surface area contributed by atoms with Gasteiger partial charge in [-0.05, 0) is 18.6 Å². The van der Waals surface area contributed by atoms with Crippen LogP contribution in [-0.4, -0.2) is 57.6 Å². The van der Waals surface area contributed by atoms with Gasteiger partial charge in [-0.25, -0.2) is 9.48 Å². The molecule has 2 heterocycles. The van der Waals surface area contributed by atoms with Crippen molar-refractivity contribution in [2.24, 2.45) is 0 Å². The lowest BCUT2D eigenvalue weighted by molar-refractivity contribution is -0.126. The van der Waals surface area contributed by atoms with E-state index in [1.165, 1.54) is 9.80 Å². The highest BCUT2D eigenvalue weighted by molar-refractivity contribution is 6.01. The lowest BCUT2D eigenvalue weighted by Gasteiger charge is -2.13. The molecule has 0 saturated carbocycles. The third-order valence-electron chi connectivity index (χ3n) is 5.35. The van der Waals surface area contributed by atoms with Gasteiger partial charge in [-0.1, -0.05) is 48.5 Å². The molecule has 1 saturated heterocycles. The summed E-state index contributed by atoms with van der Waals surface area (Å²) in [5.74, 6) is -0.359. The van der Waals surface area contributed by atoms with E-state index in [1.54, 1.807) is 7.05 Å². The van der Waals surface area contributed by atoms with Gasteiger partial charge in [0.25, 0.3) is 0 Å². The van der Waals surface area contributed by atoms with Gasteiger partial charge < -0.3 is 10.2 Å². The molecular formula is C24H25N5O3. The van der Waals surface area contributed by atoms with Gasteiger partial charge in [0.15, 0.2) is 0 Å². The number of likely N-dealkylation sites (N-methyl/N-ethyl adjacent to an activating group) is 1. The van der Waals surface area contributed by atoms with Gasteiger partial charge >= 0.3 is 6.03 Å². The molecule has 0 radical (unpaired) electrons. The highest BCUT2D eigenvalue weighted by atomic mass is 16.2. The van der Waals surface area contributed by atoms with E-state index < -0.39 is 0 Å². The monoisotopic (exact) mass is 431 g/mol. The fourth-order valence-corrected chi connectivity index (χ4v) is 3.66. The maximum absolute atomic E-state index is 12.4. The van der Waals surface area contributed by atoms with Gasteiger partial charge in [0.1, 0.15) is 6.54 Å². The maximum Gasteiger partial charge on any atom is 0.326 e. The first-order valence-corrected chi connectivity index (χ1v) is 10.5. The molecule has 3 aromatic rings. The Balaban J connectivity index is 1.40. The van der Waals surface area contributed by atoms with Crippen molar-refractivity contribution in [1.82, 2.24) is 24.9 Å². The van der Waals surface area contributed by atoms with Crippen LogP contribution in [0.15, 0.2) is 66.9 Å². The highest BCUT2D eigenvalue weighted by Crippen LogP contribution is 2.23. The summed E-state index contributed by atoms with van der Waals surface area (Å²) in [6.45, 7) is 0.676. The first kappa shape index (κ1) is 21.3. The molecule has 1 aliphatic heterocycles. The smallest absolute Gasteiger partial charge is 0.326 e. The van der Waals surface area contributed by atoms with Gasteiger partial charge in [0, 0.05) is 43.9 Å². The van der Waals surface area contributed by atoms with Gasteiger partial charge in [0.2, 0.25) is 11.8 Å². The number of hydrogen-bond donors (Lipinski definition) is 1. The van der Waals surface area contributed by atoms with Crippen LogP contribution in [0.5, 0.6) is 0 Å². The molecule has 0 unspecified atom stereocenters. The van der Waals surface area contributed by atoms with Crippen molar-refractivity contribution in [3.63, 3.8) is 0 Å². The summed E-state index contributed by atoms with van der Waals surface area (Å²) in [7, 11) is 1.59. The standard InChI is InChI=1S/C24H25N5O3/c1-27-17-22(31)28(24(27)32)14-8-13-21(30)25-15-19-16-29(20-11-6-3-7-12-20)26-23(19)18-9-4-2-5-10-18/h2-7,9-12,16H,8,13-15,17H2,1H3,(H,25,30). The average Bonchev–Trinajstić information content (AvgIpc) is 3.35. The number of carbonyl (C=O) groups excluding carboxylic acids is 3. The number of nitrogens with zero attached hydrogens (tertiary/aromatic N) is 4. The molecule has 164 valence electrons. The predicted molar refractivity (Wildman–Crippen MR) is 120 cm³/mol. The van der Waals surface area contributed by atoms with Crippen molar-refractivity contribution in [2.75, 3.05) is 20.1 Å². The minimum Gasteiger partial charge on any atom is -0.352 e. The van der Waals surface area contributed by atoms with E-state index in [0.29, 0.717) is 13.0 Å². The van der Waals surface area contributed by atoms with Crippen LogP contribution < -0.4 is 5.32 Å². The normalized spacial score (nSPS) is 13.7. The summed E-state index contributed by atoms with van der Waals surface area (Å²) < 4.78 is 1.81. The van der Waals surface area contributed by atoms with Crippen LogP contribution in [0, 0.1) is 0 Å². The number of para-hydroxylation sites is 1. The van der Waals surface area contributed by atoms with E-state index in [2.05, 4.69) is 5.32 Å². The van der Waals surface area contributed by atoms with Crippen LogP contribution in [0.25, 0.3) is 16.9 Å². The van der Waals surface area contributed by atoms with Crippen LogP contribution >= 0.6 is 0 Å². The third-order valence-corrected chi connectivity index (χ3v) is 5.35. The van der Waals surface area contributed by atoms with E-state index in [9.17, 15) is 14.4 Å². The summed E-state index contributed by atoms with van der Waals surface area (Å²) in [5, 5.41) is 7.69. The summed E-state index contributed by atoms with van der Waals surface area (Å²) in [4.78, 5) is 38.7. The van der Waals surface area contributed by atoms with Crippen molar-refractivity contribution in [3.8, 4) is 16.9 Å². The molecule has 0 atom stereocenters. The number of benzene rings is 2. The molecule has 8 heteroatoms. The summed E-state index contributed by atoms with van der Waals surface area (Å²) in [6, 6.07) is 19.3. The molecule has 4 rings (SSSR count). The van der Waals surface area contributed by atoms with Crippen molar-refractivity contribution in [3.05, 3.63) is 72.4 Å². The van der Waals surface area contributed by atoms with Crippen LogP contribution in [0.4, 0.5) is 4.79 Å². The highest BCUT2D eigenvalue weighted by Gasteiger charge is 2.32. The van der Waals surface area contributed by atoms with Crippen molar-refractivity contribution >= 4 is 17.8 Å². The fraction of sp³-hybridized carbons (Fsp3) is 0.250. The number of nitrogens with one attached hydrogen (secondary N) is 1. The first-order chi connectivity index (χ1) is 15.5. The van der Waals surface area contributed by atoms with E-state index in [-0.39, 0.29) is 37.4 Å². The molecule has 1 aromatic heterocycles. The first-order valence-electron chi connectivity index (χ1n) is 10.5. The number of imide groups is 1. The Morgan fingerprint density at radius 3 is 2.38 bits per heavy atom. The lowest BCUT2D eigenvalue weighted by Crippen LogP contribution is -2.33. The zero-order valence-corrected chi connectivity index (χ0v) is 17.9. The summed E-state index contributed by atoms with van der Waals surface area (Å²) in [5.41, 5.74) is 3.62. The molecular weight excluding hydrogens is 406 g/mol. The molecule has 1 fully saturated rings. The number of hydrogen-bond acceptors (Lipinski definition) is 4. The van der Waals surface area contributed by atoms with Gasteiger partial charge in [-0.15, -0.1) is 0 Å². The topological polar surface area (TPSA) is 87.5 Å². The number of urea groups is 1. The Bertz CT molecular complexity index is 1110. The molecule has 8 nitrogen and oxygen atoms in total. The van der Waals surface area contributed by atoms with E-state index in [1.807, 2.05) is 71.5 Å². The minimum atomic E-state index is -0.309. The lowest BCUT2D eigenvalue weighted by atomic mass is 10.1. The van der Waals surface area contributed by atoms with Crippen molar-refractivity contribution in [2.45, 2.75) is 19.4 Å². The zero-order valence-electron chi connectivity index (χ0n) is 17.9. The zero-order chi connectivity index (χ0) is 22.5. The van der Waals surface area contributed by atoms with E-state index >= 15 is 0 Å². The minimum absolute atomic E-state index is 0.0959. The molecule has 4 amide bonds. The van der Waals surface area contributed by atoms with Crippen LogP contribution in [0.3, 0.4) is 0 Å². The summed E-state index contributed by atoms with van der Waals surface area (Å²) >= 11 is 0. The second-order valence-corrected chi connectivity index (χ2v) is 7.71. The Labute approximate surface area is 186 Å². The van der Waals surface area contributed by atoms with E-state index in [0.717, 1.165) is 22.5 Å². The Kier molecular flexibility index (Phi) is 6.30. The fourth-order valence-electron chi connectivity index (χ4n) is 3.66. The predicted octanol–water partition coefficient (Wildman–Crippen LogP) is 2.83. The van der Waals surface area contributed by atoms with Crippen LogP contribution in [0.1, 0.15) is 18.4 Å². The van der Waals surface area contributed by atoms with E-state index in [4.69, 9.17) is 5.10 Å². The number of carbonyl (C=O) groups is 3. The Morgan fingerprint density at radius 1 is 1.03 bits per heavy atom. The largest absolute Gasteiger partial charge is 0.352 e. The SMILES string of the molecule is CN1CC(=O)N(CCCC(=O)NCc2cn(-c3ccccc3)nc2-c2ccccc2)C1=O. The summed E-state index contributed by atoms with van der Waals surface area (Å²) in [6.07, 6.45) is 2.58. The quantitative estimate of drug-likeness (QED) is 0.556. The average molecular weight is 431 g/mol. The second-order valence-electron chi connectivity index (χ2n) is 7.71. The molecule has 0 aliphatic carbocycles. The van der Waals surface area contributed by atoms with Gasteiger partial charge in [-0.2, -0.15) is 5.10 Å². The Morgan fingerprint density at radius 2 is 1.72 bits per heavy atom. The van der Waals surface area contributed by atoms with Crippen molar-refractivity contribution in [1.29, 1.82) is 0 Å². The second kappa shape index (κ2) is 9.47. The third kappa shape index (κ3) is 4.69. The molecule has 0 bridgehead atoms. The maximum atomic E-state index is 12.4. The Hall–Kier alpha value is -3.94. The van der Waals surface area contributed by atoms with Gasteiger partial charge in [0.05, 0.1) is 11.4 Å². The molecule has 1 N–H and O–H groups in total.